The molecule has 2 N–H and O–H groups in total. The second kappa shape index (κ2) is 11.9. The van der Waals surface area contributed by atoms with Gasteiger partial charge in [0, 0.05) is 25.2 Å². The highest BCUT2D eigenvalue weighted by molar-refractivity contribution is 7.93. The lowest BCUT2D eigenvalue weighted by molar-refractivity contribution is -0.134. The minimum atomic E-state index is -4.09. The Kier molecular flexibility index (Phi) is 8.58. The normalized spacial score (nSPS) is 17.3. The number of nitrogens with one attached hydrogen (secondary N) is 1. The second-order valence-electron chi connectivity index (χ2n) is 9.08. The fourth-order valence-corrected chi connectivity index (χ4v) is 6.69. The van der Waals surface area contributed by atoms with Gasteiger partial charge in [0.15, 0.2) is 20.4 Å². The van der Waals surface area contributed by atoms with Crippen molar-refractivity contribution < 1.29 is 32.7 Å². The summed E-state index contributed by atoms with van der Waals surface area (Å²) >= 11 is 0. The number of carbonyl (C=O) groups is 2. The summed E-state index contributed by atoms with van der Waals surface area (Å²) in [7, 11) is -4.09. The van der Waals surface area contributed by atoms with Gasteiger partial charge in [0.2, 0.25) is 0 Å². The highest BCUT2D eigenvalue weighted by atomic mass is 32.2. The molecule has 1 fully saturated rings. The van der Waals surface area contributed by atoms with Crippen LogP contribution in [0.2, 0.25) is 0 Å². The van der Waals surface area contributed by atoms with Gasteiger partial charge in [0.1, 0.15) is 5.75 Å². The first-order valence-corrected chi connectivity index (χ1v) is 13.9. The minimum absolute atomic E-state index is 0.0370. The monoisotopic (exact) mass is 525 g/mol. The van der Waals surface area contributed by atoms with Crippen molar-refractivity contribution in [3.63, 3.8) is 0 Å². The van der Waals surface area contributed by atoms with Gasteiger partial charge in [-0.15, -0.1) is 0 Å². The van der Waals surface area contributed by atoms with E-state index in [4.69, 9.17) is 14.7 Å². The van der Waals surface area contributed by atoms with Crippen LogP contribution in [0.25, 0.3) is 5.57 Å². The third-order valence-electron chi connectivity index (χ3n) is 6.82. The SMILES string of the molecule is O=C(CCCOc1ccc(S(=O)(=O)C2(C(=O)NO)CCOCC2)cc1)C1=CCCC=C1c1ccccc1. The fourth-order valence-electron chi connectivity index (χ4n) is 4.75. The molecule has 0 bridgehead atoms. The van der Waals surface area contributed by atoms with Gasteiger partial charge in [0.25, 0.3) is 5.91 Å². The molecule has 0 radical (unpaired) electrons. The van der Waals surface area contributed by atoms with Crippen molar-refractivity contribution in [2.45, 2.75) is 48.2 Å². The summed E-state index contributed by atoms with van der Waals surface area (Å²) in [6.45, 7) is 0.502. The number of hydrogen-bond acceptors (Lipinski definition) is 7. The van der Waals surface area contributed by atoms with Crippen LogP contribution in [0.3, 0.4) is 0 Å². The number of rotatable bonds is 10. The number of hydroxylamine groups is 1. The highest BCUT2D eigenvalue weighted by Crippen LogP contribution is 2.36. The Balaban J connectivity index is 1.34. The van der Waals surface area contributed by atoms with Crippen molar-refractivity contribution in [1.29, 1.82) is 0 Å². The Morgan fingerprint density at radius 1 is 0.973 bits per heavy atom. The Morgan fingerprint density at radius 3 is 2.32 bits per heavy atom. The molecule has 0 atom stereocenters. The van der Waals surface area contributed by atoms with Crippen LogP contribution in [-0.2, 0) is 24.2 Å². The van der Waals surface area contributed by atoms with Crippen molar-refractivity contribution in [2.75, 3.05) is 19.8 Å². The first kappa shape index (κ1) is 26.8. The van der Waals surface area contributed by atoms with Gasteiger partial charge < -0.3 is 9.47 Å². The number of ketones is 1. The standard InChI is InChI=1S/C28H31NO7S/c30-26(25-10-5-4-9-24(25)21-7-2-1-3-8-21)11-6-18-36-22-12-14-23(15-13-22)37(33,34)28(27(31)29-32)16-19-35-20-17-28/h1-3,7-10,12-15,32H,4-6,11,16-20H2,(H,29,31). The van der Waals surface area contributed by atoms with E-state index in [0.29, 0.717) is 25.2 Å². The summed E-state index contributed by atoms with van der Waals surface area (Å²) in [4.78, 5) is 25.2. The number of amides is 1. The molecule has 2 aromatic rings. The van der Waals surface area contributed by atoms with Crippen LogP contribution in [0.1, 0.15) is 44.1 Å². The quantitative estimate of drug-likeness (QED) is 0.273. The van der Waals surface area contributed by atoms with Crippen molar-refractivity contribution in [3.8, 4) is 5.75 Å². The van der Waals surface area contributed by atoms with Gasteiger partial charge in [-0.2, -0.15) is 0 Å². The van der Waals surface area contributed by atoms with Crippen LogP contribution in [0.15, 0.2) is 77.2 Å². The second-order valence-corrected chi connectivity index (χ2v) is 11.3. The Morgan fingerprint density at radius 2 is 1.65 bits per heavy atom. The van der Waals surface area contributed by atoms with Crippen LogP contribution in [0.4, 0.5) is 0 Å². The molecule has 1 aliphatic carbocycles. The zero-order chi connectivity index (χ0) is 26.3. The molecule has 8 nitrogen and oxygen atoms in total. The van der Waals surface area contributed by atoms with Crippen molar-refractivity contribution >= 4 is 27.1 Å². The lowest BCUT2D eigenvalue weighted by Crippen LogP contribution is -2.54. The molecule has 0 saturated carbocycles. The number of hydrogen-bond donors (Lipinski definition) is 2. The van der Waals surface area contributed by atoms with Crippen molar-refractivity contribution in [3.05, 3.63) is 77.9 Å². The first-order chi connectivity index (χ1) is 17.9. The van der Waals surface area contributed by atoms with Crippen LogP contribution >= 0.6 is 0 Å². The minimum Gasteiger partial charge on any atom is -0.494 e. The van der Waals surface area contributed by atoms with E-state index in [1.807, 2.05) is 36.4 Å². The van der Waals surface area contributed by atoms with E-state index >= 15 is 0 Å². The molecule has 1 aliphatic heterocycles. The van der Waals surface area contributed by atoms with Crippen LogP contribution in [0, 0.1) is 0 Å². The zero-order valence-electron chi connectivity index (χ0n) is 20.5. The first-order valence-electron chi connectivity index (χ1n) is 12.4. The summed E-state index contributed by atoms with van der Waals surface area (Å²) in [6.07, 6.45) is 6.63. The van der Waals surface area contributed by atoms with Crippen LogP contribution < -0.4 is 10.2 Å². The zero-order valence-corrected chi connectivity index (χ0v) is 21.3. The van der Waals surface area contributed by atoms with Crippen LogP contribution in [-0.4, -0.2) is 49.9 Å². The molecule has 2 aliphatic rings. The van der Waals surface area contributed by atoms with E-state index in [1.54, 1.807) is 0 Å². The Hall–Kier alpha value is -3.27. The number of allylic oxidation sites excluding steroid dienone is 4. The highest BCUT2D eigenvalue weighted by Gasteiger charge is 2.52. The Bertz CT molecular complexity index is 1280. The molecule has 1 amide bonds. The maximum atomic E-state index is 13.3. The summed E-state index contributed by atoms with van der Waals surface area (Å²) in [6, 6.07) is 15.7. The van der Waals surface area contributed by atoms with Gasteiger partial charge in [-0.3, -0.25) is 14.8 Å². The average molecular weight is 526 g/mol. The molecule has 37 heavy (non-hydrogen) atoms. The predicted octanol–water partition coefficient (Wildman–Crippen LogP) is 4.05. The maximum absolute atomic E-state index is 13.3. The van der Waals surface area contributed by atoms with Crippen molar-refractivity contribution in [1.82, 2.24) is 5.48 Å². The van der Waals surface area contributed by atoms with E-state index in [0.717, 1.165) is 29.6 Å². The maximum Gasteiger partial charge on any atom is 0.265 e. The summed E-state index contributed by atoms with van der Waals surface area (Å²) in [5, 5.41) is 9.17. The molecular formula is C28H31NO7S. The largest absolute Gasteiger partial charge is 0.494 e. The van der Waals surface area contributed by atoms with E-state index in [1.165, 1.54) is 29.7 Å². The molecule has 1 heterocycles. The fraction of sp³-hybridized carbons (Fsp3) is 0.357. The van der Waals surface area contributed by atoms with Gasteiger partial charge in [-0.1, -0.05) is 42.5 Å². The number of sulfone groups is 1. The van der Waals surface area contributed by atoms with Gasteiger partial charge in [0.05, 0.1) is 11.5 Å². The lowest BCUT2D eigenvalue weighted by Gasteiger charge is -2.34. The smallest absolute Gasteiger partial charge is 0.265 e. The predicted molar refractivity (Wildman–Crippen MR) is 138 cm³/mol. The third kappa shape index (κ3) is 5.69. The summed E-state index contributed by atoms with van der Waals surface area (Å²) in [5.74, 6) is -0.427. The number of ether oxygens (including phenoxy) is 2. The topological polar surface area (TPSA) is 119 Å². The summed E-state index contributed by atoms with van der Waals surface area (Å²) in [5.41, 5.74) is 4.27. The van der Waals surface area contributed by atoms with E-state index in [9.17, 15) is 18.0 Å². The number of Topliss-reactive ketones (excluding diaryl/α,β-unsaturated/α-hetero) is 1. The third-order valence-corrected chi connectivity index (χ3v) is 9.34. The molecular weight excluding hydrogens is 494 g/mol. The van der Waals surface area contributed by atoms with Gasteiger partial charge in [-0.25, -0.2) is 13.9 Å². The Labute approximate surface area is 216 Å². The number of benzene rings is 2. The molecule has 0 spiro atoms. The van der Waals surface area contributed by atoms with Gasteiger partial charge >= 0.3 is 0 Å². The molecule has 1 saturated heterocycles. The summed E-state index contributed by atoms with van der Waals surface area (Å²) < 4.78 is 35.8. The molecule has 4 rings (SSSR count). The van der Waals surface area contributed by atoms with E-state index < -0.39 is 20.5 Å². The van der Waals surface area contributed by atoms with Crippen molar-refractivity contribution in [2.24, 2.45) is 0 Å². The lowest BCUT2D eigenvalue weighted by atomic mass is 9.88. The van der Waals surface area contributed by atoms with Crippen LogP contribution in [0.5, 0.6) is 5.75 Å². The van der Waals surface area contributed by atoms with E-state index in [-0.39, 0.29) is 36.7 Å². The molecule has 2 aromatic carbocycles. The number of carbonyl (C=O) groups excluding carboxylic acids is 2. The molecule has 0 unspecified atom stereocenters. The van der Waals surface area contributed by atoms with E-state index in [2.05, 4.69) is 6.08 Å². The molecule has 196 valence electrons. The molecule has 0 aromatic heterocycles. The van der Waals surface area contributed by atoms with Gasteiger partial charge in [-0.05, 0) is 67.5 Å². The molecule has 9 heteroatoms. The average Bonchev–Trinajstić information content (AvgIpc) is 2.95.